The van der Waals surface area contributed by atoms with Gasteiger partial charge in [0.2, 0.25) is 0 Å². The lowest BCUT2D eigenvalue weighted by Crippen LogP contribution is -2.23. The maximum Gasteiger partial charge on any atom is 0.252 e. The van der Waals surface area contributed by atoms with Crippen LogP contribution in [0.15, 0.2) is 54.6 Å². The fourth-order valence-electron chi connectivity index (χ4n) is 3.67. The molecule has 1 amide bonds. The van der Waals surface area contributed by atoms with Crippen molar-refractivity contribution in [3.63, 3.8) is 0 Å². The molecule has 0 fully saturated rings. The van der Waals surface area contributed by atoms with E-state index in [-0.39, 0.29) is 5.91 Å². The zero-order chi connectivity index (χ0) is 22.0. The van der Waals surface area contributed by atoms with E-state index >= 15 is 0 Å². The van der Waals surface area contributed by atoms with Gasteiger partial charge in [-0.3, -0.25) is 4.79 Å². The quantitative estimate of drug-likeness (QED) is 0.503. The molecule has 1 N–H and O–H groups in total. The third kappa shape index (κ3) is 4.14. The van der Waals surface area contributed by atoms with Gasteiger partial charge in [-0.15, -0.1) is 0 Å². The summed E-state index contributed by atoms with van der Waals surface area (Å²) in [4.78, 5) is 17.8. The normalized spacial score (nSPS) is 11.0. The van der Waals surface area contributed by atoms with E-state index in [1.807, 2.05) is 61.0 Å². The number of ether oxygens (including phenoxy) is 1. The number of pyridine rings is 1. The Morgan fingerprint density at radius 2 is 1.71 bits per heavy atom. The van der Waals surface area contributed by atoms with Gasteiger partial charge in [-0.25, -0.2) is 9.67 Å². The first-order valence-corrected chi connectivity index (χ1v) is 10.4. The van der Waals surface area contributed by atoms with Gasteiger partial charge in [-0.05, 0) is 61.7 Å². The first kappa shape index (κ1) is 20.6. The van der Waals surface area contributed by atoms with Crippen LogP contribution in [0.5, 0.6) is 5.75 Å². The number of nitrogens with zero attached hydrogens (tertiary/aromatic N) is 3. The van der Waals surface area contributed by atoms with Gasteiger partial charge in [0, 0.05) is 12.2 Å². The minimum absolute atomic E-state index is 0.143. The molecule has 0 spiro atoms. The van der Waals surface area contributed by atoms with Gasteiger partial charge < -0.3 is 10.1 Å². The number of nitrogens with one attached hydrogen (secondary N) is 1. The fourth-order valence-corrected chi connectivity index (χ4v) is 3.67. The van der Waals surface area contributed by atoms with E-state index in [1.54, 1.807) is 7.11 Å². The van der Waals surface area contributed by atoms with Crippen LogP contribution in [-0.4, -0.2) is 27.8 Å². The molecule has 2 heterocycles. The summed E-state index contributed by atoms with van der Waals surface area (Å²) in [6, 6.07) is 17.7. The van der Waals surface area contributed by atoms with Crippen LogP contribution in [0.4, 0.5) is 0 Å². The van der Waals surface area contributed by atoms with Gasteiger partial charge in [0.15, 0.2) is 5.65 Å². The molecule has 6 nitrogen and oxygen atoms in total. The molecule has 2 aromatic carbocycles. The van der Waals surface area contributed by atoms with Crippen LogP contribution in [0.25, 0.3) is 16.7 Å². The molecule has 0 unspecified atom stereocenters. The van der Waals surface area contributed by atoms with E-state index in [0.29, 0.717) is 17.8 Å². The Morgan fingerprint density at radius 1 is 1.03 bits per heavy atom. The Labute approximate surface area is 181 Å². The molecule has 0 atom stereocenters. The summed E-state index contributed by atoms with van der Waals surface area (Å²) in [6.45, 7) is 6.37. The lowest BCUT2D eigenvalue weighted by atomic mass is 10.1. The van der Waals surface area contributed by atoms with E-state index in [1.165, 1.54) is 5.56 Å². The van der Waals surface area contributed by atoms with Crippen molar-refractivity contribution < 1.29 is 9.53 Å². The number of hydrogen-bond donors (Lipinski definition) is 1. The number of benzene rings is 2. The van der Waals surface area contributed by atoms with Crippen molar-refractivity contribution in [2.24, 2.45) is 0 Å². The highest BCUT2D eigenvalue weighted by Gasteiger charge is 2.19. The van der Waals surface area contributed by atoms with E-state index in [2.05, 4.69) is 24.4 Å². The van der Waals surface area contributed by atoms with Crippen LogP contribution < -0.4 is 10.1 Å². The molecule has 0 aliphatic rings. The van der Waals surface area contributed by atoms with E-state index in [0.717, 1.165) is 40.2 Å². The second-order valence-electron chi connectivity index (χ2n) is 7.56. The molecule has 158 valence electrons. The number of fused-ring (bicyclic) bond motifs is 1. The maximum absolute atomic E-state index is 13.1. The summed E-state index contributed by atoms with van der Waals surface area (Å²) >= 11 is 0. The summed E-state index contributed by atoms with van der Waals surface area (Å²) in [7, 11) is 1.63. The smallest absolute Gasteiger partial charge is 0.252 e. The second-order valence-corrected chi connectivity index (χ2v) is 7.56. The molecule has 0 saturated heterocycles. The first-order valence-electron chi connectivity index (χ1n) is 10.4. The summed E-state index contributed by atoms with van der Waals surface area (Å²) in [5.41, 5.74) is 6.02. The van der Waals surface area contributed by atoms with E-state index in [9.17, 15) is 4.79 Å². The lowest BCUT2D eigenvalue weighted by molar-refractivity contribution is 0.0952. The molecule has 0 bridgehead atoms. The van der Waals surface area contributed by atoms with Gasteiger partial charge >= 0.3 is 0 Å². The predicted molar refractivity (Wildman–Crippen MR) is 122 cm³/mol. The van der Waals surface area contributed by atoms with Crippen molar-refractivity contribution in [3.05, 3.63) is 82.7 Å². The number of amides is 1. The number of rotatable bonds is 6. The van der Waals surface area contributed by atoms with Crippen molar-refractivity contribution in [2.45, 2.75) is 33.7 Å². The Bertz CT molecular complexity index is 1230. The Morgan fingerprint density at radius 3 is 2.35 bits per heavy atom. The van der Waals surface area contributed by atoms with Crippen molar-refractivity contribution in [1.82, 2.24) is 20.1 Å². The number of aromatic nitrogens is 3. The van der Waals surface area contributed by atoms with Gasteiger partial charge in [0.1, 0.15) is 5.75 Å². The maximum atomic E-state index is 13.1. The first-order chi connectivity index (χ1) is 15.0. The van der Waals surface area contributed by atoms with E-state index < -0.39 is 0 Å². The third-order valence-electron chi connectivity index (χ3n) is 5.39. The minimum Gasteiger partial charge on any atom is -0.497 e. The van der Waals surface area contributed by atoms with Crippen LogP contribution in [-0.2, 0) is 13.0 Å². The van der Waals surface area contributed by atoms with Crippen molar-refractivity contribution in [2.75, 3.05) is 7.11 Å². The molecule has 31 heavy (non-hydrogen) atoms. The Hall–Kier alpha value is -3.67. The lowest BCUT2D eigenvalue weighted by Gasteiger charge is -2.09. The molecular formula is C25H26N4O2. The largest absolute Gasteiger partial charge is 0.497 e. The van der Waals surface area contributed by atoms with Crippen LogP contribution in [0, 0.1) is 13.8 Å². The zero-order valence-electron chi connectivity index (χ0n) is 18.3. The summed E-state index contributed by atoms with van der Waals surface area (Å²) in [6.07, 6.45) is 0.981. The average molecular weight is 415 g/mol. The van der Waals surface area contributed by atoms with Crippen LogP contribution in [0.3, 0.4) is 0 Å². The van der Waals surface area contributed by atoms with Crippen LogP contribution in [0.2, 0.25) is 0 Å². The average Bonchev–Trinajstić information content (AvgIpc) is 3.13. The number of methoxy groups -OCH3 is 1. The minimum atomic E-state index is -0.143. The molecule has 6 heteroatoms. The van der Waals surface area contributed by atoms with Gasteiger partial charge in [0.05, 0.1) is 29.4 Å². The topological polar surface area (TPSA) is 69.0 Å². The molecule has 4 aromatic rings. The van der Waals surface area contributed by atoms with Gasteiger partial charge in [0.25, 0.3) is 5.91 Å². The summed E-state index contributed by atoms with van der Waals surface area (Å²) in [5, 5.41) is 8.49. The monoisotopic (exact) mass is 414 g/mol. The molecule has 0 radical (unpaired) electrons. The third-order valence-corrected chi connectivity index (χ3v) is 5.39. The van der Waals surface area contributed by atoms with Crippen molar-refractivity contribution in [1.29, 1.82) is 0 Å². The summed E-state index contributed by atoms with van der Waals surface area (Å²) in [5.74, 6) is 0.645. The molecule has 0 aliphatic heterocycles. The highest BCUT2D eigenvalue weighted by Crippen LogP contribution is 2.25. The molecule has 0 aliphatic carbocycles. The standard InChI is InChI=1S/C25H26N4O2/c1-5-18-6-10-20(11-7-18)29-24-23(17(3)28-29)22(14-16(2)27-24)25(30)26-15-19-8-12-21(31-4)13-9-19/h6-14H,5,15H2,1-4H3,(H,26,30). The fraction of sp³-hybridized carbons (Fsp3) is 0.240. The number of aryl methyl sites for hydroxylation is 3. The van der Waals surface area contributed by atoms with E-state index in [4.69, 9.17) is 14.8 Å². The van der Waals surface area contributed by atoms with Crippen LogP contribution >= 0.6 is 0 Å². The number of carbonyl (C=O) groups excluding carboxylic acids is 1. The molecule has 2 aromatic heterocycles. The zero-order valence-corrected chi connectivity index (χ0v) is 18.3. The molecule has 0 saturated carbocycles. The Kier molecular flexibility index (Phi) is 5.71. The SMILES string of the molecule is CCc1ccc(-n2nc(C)c3c(C(=O)NCc4ccc(OC)cc4)cc(C)nc32)cc1. The van der Waals surface area contributed by atoms with Gasteiger partial charge in [-0.1, -0.05) is 31.2 Å². The predicted octanol–water partition coefficient (Wildman–Crippen LogP) is 4.54. The highest BCUT2D eigenvalue weighted by atomic mass is 16.5. The van der Waals surface area contributed by atoms with Gasteiger partial charge in [-0.2, -0.15) is 5.10 Å². The Balaban J connectivity index is 1.67. The molecule has 4 rings (SSSR count). The van der Waals surface area contributed by atoms with Crippen LogP contribution in [0.1, 0.15) is 39.8 Å². The van der Waals surface area contributed by atoms with Crippen molar-refractivity contribution >= 4 is 16.9 Å². The number of carbonyl (C=O) groups is 1. The van der Waals surface area contributed by atoms with Crippen molar-refractivity contribution in [3.8, 4) is 11.4 Å². The second kappa shape index (κ2) is 8.60. The summed E-state index contributed by atoms with van der Waals surface area (Å²) < 4.78 is 7.00. The highest BCUT2D eigenvalue weighted by molar-refractivity contribution is 6.06. The number of hydrogen-bond acceptors (Lipinski definition) is 4. The molecular weight excluding hydrogens is 388 g/mol.